The minimum absolute atomic E-state index is 0.0369. The van der Waals surface area contributed by atoms with Crippen LogP contribution in [-0.4, -0.2) is 36.3 Å². The zero-order valence-electron chi connectivity index (χ0n) is 14.9. The van der Waals surface area contributed by atoms with Gasteiger partial charge in [-0.1, -0.05) is 12.1 Å². The van der Waals surface area contributed by atoms with Crippen molar-refractivity contribution in [1.29, 1.82) is 0 Å². The van der Waals surface area contributed by atoms with Crippen molar-refractivity contribution >= 4 is 34.8 Å². The van der Waals surface area contributed by atoms with Crippen LogP contribution in [0.25, 0.3) is 0 Å². The molecule has 0 aliphatic carbocycles. The molecule has 1 saturated heterocycles. The van der Waals surface area contributed by atoms with E-state index in [-0.39, 0.29) is 29.8 Å². The first-order valence-corrected chi connectivity index (χ1v) is 8.86. The highest BCUT2D eigenvalue weighted by Crippen LogP contribution is 2.36. The van der Waals surface area contributed by atoms with Crippen LogP contribution in [0.1, 0.15) is 23.7 Å². The number of nitrogens with one attached hydrogen (secondary N) is 3. The first-order valence-electron chi connectivity index (χ1n) is 8.86. The number of rotatable bonds is 3. The summed E-state index contributed by atoms with van der Waals surface area (Å²) >= 11 is 0. The summed E-state index contributed by atoms with van der Waals surface area (Å²) in [5, 5.41) is 8.62. The minimum Gasteiger partial charge on any atom is -0.356 e. The molecule has 2 aliphatic heterocycles. The Kier molecular flexibility index (Phi) is 4.27. The average molecular weight is 364 g/mol. The molecule has 138 valence electrons. The molecule has 0 spiro atoms. The van der Waals surface area contributed by atoms with Crippen LogP contribution in [0.15, 0.2) is 48.5 Å². The lowest BCUT2D eigenvalue weighted by Gasteiger charge is -2.32. The van der Waals surface area contributed by atoms with Gasteiger partial charge in [0.25, 0.3) is 5.91 Å². The smallest absolute Gasteiger partial charge is 0.251 e. The standard InChI is InChI=1S/C20H20N4O3/c1-12(25)21-14-8-6-13(7-9-14)19(26)22-15-10-18-20(27)23-16-4-2-3-5-17(16)24(18)11-15/h2-9,15,18H,10-11H2,1H3,(H,21,25)(H,22,26)(H,23,27). The van der Waals surface area contributed by atoms with Crippen LogP contribution >= 0.6 is 0 Å². The quantitative estimate of drug-likeness (QED) is 0.777. The van der Waals surface area contributed by atoms with Crippen LogP contribution in [0.4, 0.5) is 17.1 Å². The molecule has 0 radical (unpaired) electrons. The van der Waals surface area contributed by atoms with E-state index in [2.05, 4.69) is 20.9 Å². The molecule has 4 rings (SSSR count). The van der Waals surface area contributed by atoms with E-state index in [4.69, 9.17) is 0 Å². The second kappa shape index (κ2) is 6.75. The van der Waals surface area contributed by atoms with Crippen LogP contribution in [0.2, 0.25) is 0 Å². The summed E-state index contributed by atoms with van der Waals surface area (Å²) in [6.07, 6.45) is 0.565. The maximum absolute atomic E-state index is 12.5. The molecule has 1 fully saturated rings. The van der Waals surface area contributed by atoms with E-state index in [9.17, 15) is 14.4 Å². The minimum atomic E-state index is -0.271. The summed E-state index contributed by atoms with van der Waals surface area (Å²) in [6, 6.07) is 14.0. The van der Waals surface area contributed by atoms with Gasteiger partial charge in [0.15, 0.2) is 0 Å². The number of hydrogen-bond acceptors (Lipinski definition) is 4. The van der Waals surface area contributed by atoms with Crippen molar-refractivity contribution < 1.29 is 14.4 Å². The zero-order valence-corrected chi connectivity index (χ0v) is 14.9. The van der Waals surface area contributed by atoms with Crippen LogP contribution in [-0.2, 0) is 9.59 Å². The van der Waals surface area contributed by atoms with Gasteiger partial charge < -0.3 is 20.9 Å². The summed E-state index contributed by atoms with van der Waals surface area (Å²) in [6.45, 7) is 2.02. The summed E-state index contributed by atoms with van der Waals surface area (Å²) in [7, 11) is 0. The van der Waals surface area contributed by atoms with Gasteiger partial charge in [0.1, 0.15) is 6.04 Å². The maximum Gasteiger partial charge on any atom is 0.251 e. The second-order valence-electron chi connectivity index (χ2n) is 6.84. The Bertz CT molecular complexity index is 910. The van der Waals surface area contributed by atoms with Crippen molar-refractivity contribution in [3.63, 3.8) is 0 Å². The summed E-state index contributed by atoms with van der Waals surface area (Å²) in [4.78, 5) is 38.0. The molecule has 3 amide bonds. The molecule has 2 aromatic carbocycles. The number of hydrogen-bond donors (Lipinski definition) is 3. The second-order valence-corrected chi connectivity index (χ2v) is 6.84. The predicted octanol–water partition coefficient (Wildman–Crippen LogP) is 1.97. The Morgan fingerprint density at radius 1 is 1.11 bits per heavy atom. The lowest BCUT2D eigenvalue weighted by atomic mass is 10.1. The SMILES string of the molecule is CC(=O)Nc1ccc(C(=O)NC2CC3C(=O)Nc4ccccc4N3C2)cc1. The largest absolute Gasteiger partial charge is 0.356 e. The van der Waals surface area contributed by atoms with E-state index < -0.39 is 0 Å². The Morgan fingerprint density at radius 3 is 2.59 bits per heavy atom. The van der Waals surface area contributed by atoms with Crippen molar-refractivity contribution in [2.24, 2.45) is 0 Å². The van der Waals surface area contributed by atoms with Crippen molar-refractivity contribution in [3.8, 4) is 0 Å². The number of para-hydroxylation sites is 2. The van der Waals surface area contributed by atoms with Gasteiger partial charge >= 0.3 is 0 Å². The molecular formula is C20H20N4O3. The normalized spacial score (nSPS) is 20.3. The average Bonchev–Trinajstić information content (AvgIpc) is 3.06. The number of anilines is 3. The molecule has 0 saturated carbocycles. The number of carbonyl (C=O) groups is 3. The van der Waals surface area contributed by atoms with Crippen molar-refractivity contribution in [2.45, 2.75) is 25.4 Å². The summed E-state index contributed by atoms with van der Waals surface area (Å²) in [5.41, 5.74) is 2.95. The van der Waals surface area contributed by atoms with Gasteiger partial charge in [0.2, 0.25) is 11.8 Å². The third-order valence-electron chi connectivity index (χ3n) is 4.88. The molecule has 7 nitrogen and oxygen atoms in total. The van der Waals surface area contributed by atoms with Gasteiger partial charge in [-0.15, -0.1) is 0 Å². The molecule has 0 aromatic heterocycles. The third-order valence-corrected chi connectivity index (χ3v) is 4.88. The Balaban J connectivity index is 1.45. The number of amides is 3. The molecule has 2 atom stereocenters. The highest BCUT2D eigenvalue weighted by atomic mass is 16.2. The van der Waals surface area contributed by atoms with E-state index in [0.29, 0.717) is 24.2 Å². The fourth-order valence-electron chi connectivity index (χ4n) is 3.68. The van der Waals surface area contributed by atoms with Crippen molar-refractivity contribution in [2.75, 3.05) is 22.1 Å². The highest BCUT2D eigenvalue weighted by Gasteiger charge is 2.41. The van der Waals surface area contributed by atoms with Crippen LogP contribution in [0.5, 0.6) is 0 Å². The van der Waals surface area contributed by atoms with Crippen LogP contribution in [0, 0.1) is 0 Å². The highest BCUT2D eigenvalue weighted by molar-refractivity contribution is 6.04. The van der Waals surface area contributed by atoms with Gasteiger partial charge in [-0.3, -0.25) is 14.4 Å². The van der Waals surface area contributed by atoms with E-state index in [1.807, 2.05) is 24.3 Å². The topological polar surface area (TPSA) is 90.5 Å². The lowest BCUT2D eigenvalue weighted by Crippen LogP contribution is -2.44. The number of fused-ring (bicyclic) bond motifs is 3. The molecule has 2 heterocycles. The summed E-state index contributed by atoms with van der Waals surface area (Å²) < 4.78 is 0. The van der Waals surface area contributed by atoms with E-state index >= 15 is 0 Å². The maximum atomic E-state index is 12.5. The first-order chi connectivity index (χ1) is 13.0. The van der Waals surface area contributed by atoms with Gasteiger partial charge in [0.05, 0.1) is 11.4 Å². The summed E-state index contributed by atoms with van der Waals surface area (Å²) in [5.74, 6) is -0.388. The number of carbonyl (C=O) groups excluding carboxylic acids is 3. The van der Waals surface area contributed by atoms with Gasteiger partial charge in [-0.25, -0.2) is 0 Å². The molecule has 3 N–H and O–H groups in total. The van der Waals surface area contributed by atoms with Gasteiger partial charge in [-0.05, 0) is 42.8 Å². The van der Waals surface area contributed by atoms with E-state index in [1.54, 1.807) is 24.3 Å². The monoisotopic (exact) mass is 364 g/mol. The Hall–Kier alpha value is -3.35. The molecule has 2 aliphatic rings. The lowest BCUT2D eigenvalue weighted by molar-refractivity contribution is -0.117. The molecule has 7 heteroatoms. The molecule has 27 heavy (non-hydrogen) atoms. The van der Waals surface area contributed by atoms with Crippen molar-refractivity contribution in [3.05, 3.63) is 54.1 Å². The Morgan fingerprint density at radius 2 is 1.85 bits per heavy atom. The van der Waals surface area contributed by atoms with E-state index in [0.717, 1.165) is 11.4 Å². The first kappa shape index (κ1) is 17.1. The van der Waals surface area contributed by atoms with E-state index in [1.165, 1.54) is 6.92 Å². The molecule has 2 unspecified atom stereocenters. The zero-order chi connectivity index (χ0) is 19.0. The molecular weight excluding hydrogens is 344 g/mol. The Labute approximate surface area is 156 Å². The number of benzene rings is 2. The van der Waals surface area contributed by atoms with Crippen LogP contribution in [0.3, 0.4) is 0 Å². The third kappa shape index (κ3) is 3.36. The molecule has 0 bridgehead atoms. The predicted molar refractivity (Wildman–Crippen MR) is 103 cm³/mol. The van der Waals surface area contributed by atoms with Gasteiger partial charge in [-0.2, -0.15) is 0 Å². The molecule has 2 aromatic rings. The number of nitrogens with zero attached hydrogens (tertiary/aromatic N) is 1. The van der Waals surface area contributed by atoms with Gasteiger partial charge in [0, 0.05) is 30.8 Å². The van der Waals surface area contributed by atoms with Crippen LogP contribution < -0.4 is 20.9 Å². The fourth-order valence-corrected chi connectivity index (χ4v) is 3.68. The van der Waals surface area contributed by atoms with Crippen molar-refractivity contribution in [1.82, 2.24) is 5.32 Å². The fraction of sp³-hybridized carbons (Fsp3) is 0.250.